The molecule has 1 N–H and O–H groups in total. The van der Waals surface area contributed by atoms with Crippen molar-refractivity contribution in [2.24, 2.45) is 0 Å². The fourth-order valence-electron chi connectivity index (χ4n) is 2.94. The van der Waals surface area contributed by atoms with Crippen LogP contribution < -0.4 is 5.32 Å². The maximum Gasteiger partial charge on any atom is 0.276 e. The smallest absolute Gasteiger partial charge is 0.276 e. The summed E-state index contributed by atoms with van der Waals surface area (Å²) in [5, 5.41) is 11.5. The number of aromatic nitrogens is 4. The second-order valence-corrected chi connectivity index (χ2v) is 7.39. The van der Waals surface area contributed by atoms with Crippen LogP contribution in [0.2, 0.25) is 5.02 Å². The monoisotopic (exact) mass is 426 g/mol. The summed E-state index contributed by atoms with van der Waals surface area (Å²) in [5.74, 6) is -0.287. The van der Waals surface area contributed by atoms with Gasteiger partial charge in [0, 0.05) is 18.3 Å². The average Bonchev–Trinajstić information content (AvgIpc) is 3.13. The Kier molecular flexibility index (Phi) is 6.79. The molecule has 9 heteroatoms. The maximum absolute atomic E-state index is 13.0. The van der Waals surface area contributed by atoms with Crippen molar-refractivity contribution in [3.05, 3.63) is 64.6 Å². The number of anilines is 1. The average molecular weight is 427 g/mol. The molecule has 3 rings (SSSR count). The summed E-state index contributed by atoms with van der Waals surface area (Å²) in [7, 11) is 1.55. The van der Waals surface area contributed by atoms with Gasteiger partial charge in [-0.3, -0.25) is 9.59 Å². The zero-order valence-electron chi connectivity index (χ0n) is 17.1. The third-order valence-corrected chi connectivity index (χ3v) is 4.65. The van der Waals surface area contributed by atoms with Gasteiger partial charge in [-0.1, -0.05) is 42.3 Å². The molecule has 0 fully saturated rings. The van der Waals surface area contributed by atoms with Gasteiger partial charge in [0.05, 0.1) is 17.9 Å². The van der Waals surface area contributed by atoms with Crippen LogP contribution in [0, 0.1) is 6.92 Å². The highest BCUT2D eigenvalue weighted by Gasteiger charge is 2.24. The number of carbonyl (C=O) groups excluding carboxylic acids is 2. The largest absolute Gasteiger partial charge is 0.331 e. The van der Waals surface area contributed by atoms with Crippen LogP contribution in [0.4, 0.5) is 5.82 Å². The molecule has 0 bridgehead atoms. The minimum Gasteiger partial charge on any atom is -0.331 e. The van der Waals surface area contributed by atoms with Crippen LogP contribution in [0.25, 0.3) is 5.69 Å². The van der Waals surface area contributed by atoms with E-state index in [9.17, 15) is 9.59 Å². The summed E-state index contributed by atoms with van der Waals surface area (Å²) in [4.78, 5) is 30.7. The van der Waals surface area contributed by atoms with Crippen molar-refractivity contribution in [3.63, 3.8) is 0 Å². The van der Waals surface area contributed by atoms with Crippen LogP contribution in [0.15, 0.2) is 42.6 Å². The highest BCUT2D eigenvalue weighted by atomic mass is 35.5. The first kappa shape index (κ1) is 21.4. The number of rotatable bonds is 7. The molecule has 0 aliphatic rings. The van der Waals surface area contributed by atoms with Gasteiger partial charge >= 0.3 is 0 Å². The molecule has 1 aromatic carbocycles. The molecule has 0 aliphatic carbocycles. The Morgan fingerprint density at radius 1 is 1.23 bits per heavy atom. The minimum atomic E-state index is -0.376. The number of nitrogens with zero attached hydrogens (tertiary/aromatic N) is 5. The number of nitrogens with one attached hydrogen (secondary N) is 1. The third kappa shape index (κ3) is 5.01. The van der Waals surface area contributed by atoms with E-state index in [2.05, 4.69) is 20.6 Å². The van der Waals surface area contributed by atoms with Crippen LogP contribution in [-0.2, 0) is 11.2 Å². The molecule has 3 aromatic rings. The summed E-state index contributed by atoms with van der Waals surface area (Å²) in [6.07, 6.45) is 3.07. The lowest BCUT2D eigenvalue weighted by Crippen LogP contribution is -2.35. The summed E-state index contributed by atoms with van der Waals surface area (Å²) >= 11 is 6.09. The molecule has 156 valence electrons. The van der Waals surface area contributed by atoms with Crippen molar-refractivity contribution < 1.29 is 9.59 Å². The Bertz CT molecular complexity index is 1050. The number of hydrogen-bond acceptors (Lipinski definition) is 5. The number of likely N-dealkylation sites (N-methyl/N-ethyl adjacent to an activating group) is 1. The number of halogens is 1. The molecule has 30 heavy (non-hydrogen) atoms. The van der Waals surface area contributed by atoms with E-state index in [1.54, 1.807) is 36.1 Å². The first-order chi connectivity index (χ1) is 14.4. The summed E-state index contributed by atoms with van der Waals surface area (Å²) in [5.41, 5.74) is 2.62. The summed E-state index contributed by atoms with van der Waals surface area (Å²) in [6, 6.07) is 10.7. The van der Waals surface area contributed by atoms with Crippen LogP contribution in [-0.4, -0.2) is 50.3 Å². The topological polar surface area (TPSA) is 93.0 Å². The quantitative estimate of drug-likeness (QED) is 0.625. The SMILES string of the molecule is CCCc1c(C(=O)N(C)CC(=O)Nc2ccc(C)cn2)nnn1-c1cccc(Cl)c1. The molecule has 0 atom stereocenters. The van der Waals surface area contributed by atoms with Gasteiger partial charge in [0.15, 0.2) is 5.69 Å². The summed E-state index contributed by atoms with van der Waals surface area (Å²) < 4.78 is 1.62. The fourth-order valence-corrected chi connectivity index (χ4v) is 3.12. The number of benzene rings is 1. The van der Waals surface area contributed by atoms with Gasteiger partial charge in [-0.05, 0) is 43.2 Å². The van der Waals surface area contributed by atoms with Crippen LogP contribution >= 0.6 is 11.6 Å². The lowest BCUT2D eigenvalue weighted by molar-refractivity contribution is -0.116. The molecular weight excluding hydrogens is 404 g/mol. The first-order valence-electron chi connectivity index (χ1n) is 9.57. The number of hydrogen-bond donors (Lipinski definition) is 1. The minimum absolute atomic E-state index is 0.135. The van der Waals surface area contributed by atoms with E-state index in [0.29, 0.717) is 23.0 Å². The van der Waals surface area contributed by atoms with E-state index in [0.717, 1.165) is 17.7 Å². The molecule has 8 nitrogen and oxygen atoms in total. The lowest BCUT2D eigenvalue weighted by atomic mass is 10.2. The van der Waals surface area contributed by atoms with Gasteiger partial charge in [-0.25, -0.2) is 9.67 Å². The standard InChI is InChI=1S/C21H23ClN6O2/c1-4-6-17-20(25-26-28(17)16-8-5-7-15(22)11-16)21(30)27(3)13-19(29)24-18-10-9-14(2)12-23-18/h5,7-12H,4,6,13H2,1-3H3,(H,23,24,29). The van der Waals surface area contributed by atoms with E-state index in [1.807, 2.05) is 32.0 Å². The molecule has 2 aromatic heterocycles. The number of aryl methyl sites for hydroxylation is 1. The molecule has 0 unspecified atom stereocenters. The van der Waals surface area contributed by atoms with E-state index in [4.69, 9.17) is 11.6 Å². The molecule has 0 spiro atoms. The first-order valence-corrected chi connectivity index (χ1v) is 9.95. The highest BCUT2D eigenvalue weighted by molar-refractivity contribution is 6.30. The number of amides is 2. The second kappa shape index (κ2) is 9.49. The Morgan fingerprint density at radius 2 is 2.03 bits per heavy atom. The Hall–Kier alpha value is -3.26. The van der Waals surface area contributed by atoms with Crippen molar-refractivity contribution in [2.45, 2.75) is 26.7 Å². The molecule has 0 aliphatic heterocycles. The molecule has 0 saturated heterocycles. The van der Waals surface area contributed by atoms with E-state index >= 15 is 0 Å². The number of pyridine rings is 1. The molecule has 0 radical (unpaired) electrons. The van der Waals surface area contributed by atoms with E-state index in [1.165, 1.54) is 4.90 Å². The predicted molar refractivity (Wildman–Crippen MR) is 115 cm³/mol. The summed E-state index contributed by atoms with van der Waals surface area (Å²) in [6.45, 7) is 3.79. The zero-order chi connectivity index (χ0) is 21.7. The van der Waals surface area contributed by atoms with Crippen molar-refractivity contribution >= 4 is 29.2 Å². The Labute approximate surface area is 179 Å². The van der Waals surface area contributed by atoms with E-state index < -0.39 is 0 Å². The Balaban J connectivity index is 1.76. The van der Waals surface area contributed by atoms with Crippen LogP contribution in [0.1, 0.15) is 35.1 Å². The molecular formula is C21H23ClN6O2. The van der Waals surface area contributed by atoms with Gasteiger partial charge in [-0.2, -0.15) is 0 Å². The van der Waals surface area contributed by atoms with Crippen LogP contribution in [0.5, 0.6) is 0 Å². The zero-order valence-corrected chi connectivity index (χ0v) is 17.8. The van der Waals surface area contributed by atoms with Gasteiger partial charge < -0.3 is 10.2 Å². The molecule has 2 amide bonds. The normalized spacial score (nSPS) is 10.7. The van der Waals surface area contributed by atoms with E-state index in [-0.39, 0.29) is 24.1 Å². The van der Waals surface area contributed by atoms with Crippen molar-refractivity contribution in [1.82, 2.24) is 24.9 Å². The fraction of sp³-hybridized carbons (Fsp3) is 0.286. The number of carbonyl (C=O) groups is 2. The Morgan fingerprint density at radius 3 is 2.70 bits per heavy atom. The van der Waals surface area contributed by atoms with Gasteiger partial charge in [0.1, 0.15) is 5.82 Å². The third-order valence-electron chi connectivity index (χ3n) is 4.41. The predicted octanol–water partition coefficient (Wildman–Crippen LogP) is 3.29. The lowest BCUT2D eigenvalue weighted by Gasteiger charge is -2.16. The van der Waals surface area contributed by atoms with Crippen molar-refractivity contribution in [1.29, 1.82) is 0 Å². The second-order valence-electron chi connectivity index (χ2n) is 6.96. The van der Waals surface area contributed by atoms with Crippen LogP contribution in [0.3, 0.4) is 0 Å². The highest BCUT2D eigenvalue weighted by Crippen LogP contribution is 2.19. The van der Waals surface area contributed by atoms with Crippen molar-refractivity contribution in [2.75, 3.05) is 18.9 Å². The maximum atomic E-state index is 13.0. The van der Waals surface area contributed by atoms with Gasteiger partial charge in [0.2, 0.25) is 5.91 Å². The molecule has 2 heterocycles. The van der Waals surface area contributed by atoms with Gasteiger partial charge in [-0.15, -0.1) is 5.10 Å². The van der Waals surface area contributed by atoms with Gasteiger partial charge in [0.25, 0.3) is 5.91 Å². The molecule has 0 saturated carbocycles. The van der Waals surface area contributed by atoms with Crippen molar-refractivity contribution in [3.8, 4) is 5.69 Å².